The Kier molecular flexibility index (Phi) is 8.38. The van der Waals surface area contributed by atoms with Gasteiger partial charge in [-0.1, -0.05) is 181 Å². The number of furan rings is 2. The molecule has 0 amide bonds. The van der Waals surface area contributed by atoms with E-state index in [0.717, 1.165) is 34.3 Å². The lowest BCUT2D eigenvalue weighted by atomic mass is 9.79. The minimum Gasteiger partial charge on any atom is -0.456 e. The second-order valence-electron chi connectivity index (χ2n) is 22.1. The summed E-state index contributed by atoms with van der Waals surface area (Å²) in [6, 6.07) is 61.3. The largest absolute Gasteiger partial charge is 0.456 e. The second-order valence-corrected chi connectivity index (χ2v) is 22.1. The highest BCUT2D eigenvalue weighted by molar-refractivity contribution is 6.19. The van der Waals surface area contributed by atoms with Gasteiger partial charge < -0.3 is 8.83 Å². The molecule has 3 aliphatic carbocycles. The van der Waals surface area contributed by atoms with E-state index in [4.69, 9.17) is 8.83 Å². The van der Waals surface area contributed by atoms with Gasteiger partial charge in [-0.25, -0.2) is 0 Å². The molecule has 0 saturated heterocycles. The van der Waals surface area contributed by atoms with Crippen LogP contribution >= 0.6 is 0 Å². The average Bonchev–Trinajstić information content (AvgIpc) is 4.10. The Labute approximate surface area is 409 Å². The molecule has 11 aromatic rings. The Morgan fingerprint density at radius 3 is 1.81 bits per heavy atom. The zero-order valence-electron chi connectivity index (χ0n) is 41.2. The predicted octanol–water partition coefficient (Wildman–Crippen LogP) is 18.5. The topological polar surface area (TPSA) is 26.3 Å². The Morgan fingerprint density at radius 1 is 0.429 bits per heavy atom. The fourth-order valence-corrected chi connectivity index (χ4v) is 13.1. The zero-order valence-corrected chi connectivity index (χ0v) is 41.2. The van der Waals surface area contributed by atoms with Gasteiger partial charge >= 0.3 is 0 Å². The van der Waals surface area contributed by atoms with Crippen molar-refractivity contribution in [2.75, 3.05) is 0 Å². The van der Waals surface area contributed by atoms with Gasteiger partial charge in [0.05, 0.1) is 0 Å². The van der Waals surface area contributed by atoms with Crippen LogP contribution in [0, 0.1) is 13.8 Å². The van der Waals surface area contributed by atoms with Gasteiger partial charge in [-0.15, -0.1) is 0 Å². The lowest BCUT2D eigenvalue weighted by molar-refractivity contribution is 0.650. The first-order valence-electron chi connectivity index (χ1n) is 25.0. The lowest BCUT2D eigenvalue weighted by Crippen LogP contribution is -2.17. The molecule has 14 rings (SSSR count). The molecule has 2 nitrogen and oxygen atoms in total. The molecule has 0 radical (unpaired) electrons. The number of hydrogen-bond acceptors (Lipinski definition) is 2. The molecule has 0 unspecified atom stereocenters. The summed E-state index contributed by atoms with van der Waals surface area (Å²) < 4.78 is 13.2. The van der Waals surface area contributed by atoms with Crippen molar-refractivity contribution < 1.29 is 8.83 Å². The Hall–Kier alpha value is -7.68. The molecule has 0 fully saturated rings. The molecule has 70 heavy (non-hydrogen) atoms. The molecule has 0 atom stereocenters. The summed E-state index contributed by atoms with van der Waals surface area (Å²) in [6.45, 7) is 18.8. The number of fused-ring (bicyclic) bond motifs is 17. The molecular weight excluding hydrogens is 849 g/mol. The Bertz CT molecular complexity index is 4120. The third-order valence-electron chi connectivity index (χ3n) is 16.9. The monoisotopic (exact) mass is 902 g/mol. The van der Waals surface area contributed by atoms with Crippen molar-refractivity contribution in [2.45, 2.75) is 78.1 Å². The van der Waals surface area contributed by atoms with E-state index in [1.54, 1.807) is 0 Å². The van der Waals surface area contributed by atoms with Crippen LogP contribution in [0.5, 0.6) is 0 Å². The predicted molar refractivity (Wildman–Crippen MR) is 293 cm³/mol. The van der Waals surface area contributed by atoms with E-state index >= 15 is 0 Å². The number of allylic oxidation sites excluding steroid dienone is 1. The number of para-hydroxylation sites is 2. The summed E-state index contributed by atoms with van der Waals surface area (Å²) in [4.78, 5) is 0. The lowest BCUT2D eigenvalue weighted by Gasteiger charge is -2.24. The summed E-state index contributed by atoms with van der Waals surface area (Å²) in [5.41, 5.74) is 29.5. The molecular formula is C68H54O2. The third-order valence-corrected chi connectivity index (χ3v) is 16.9. The molecule has 338 valence electrons. The van der Waals surface area contributed by atoms with E-state index in [0.29, 0.717) is 0 Å². The fraction of sp³-hybridized carbons (Fsp3) is 0.176. The standard InChI is InChI=1S/C68H54O2/c1-38-21-25-42(26-22-38)43(32-41-24-28-46-54(34-41)68(7,8)57-36-50(44-16-10-9-15-39(44)2)65-64(61(46)57)48-18-12-14-20-59(48)70-65)31-40-23-27-45-49-35-56-51(37-55(49)67(5,6)53(45)33-40)62-52(66(56,3)4)29-30-60-63(62)47-17-11-13-19-58(47)69-60/h9-30,32-37H,31H2,1-8H3/b43-32-. The quantitative estimate of drug-likeness (QED) is 0.161. The third kappa shape index (κ3) is 5.62. The first-order valence-corrected chi connectivity index (χ1v) is 25.0. The number of benzene rings is 9. The summed E-state index contributed by atoms with van der Waals surface area (Å²) in [5, 5.41) is 4.81. The van der Waals surface area contributed by atoms with Crippen LogP contribution in [-0.4, -0.2) is 0 Å². The van der Waals surface area contributed by atoms with Gasteiger partial charge in [0.1, 0.15) is 22.3 Å². The zero-order chi connectivity index (χ0) is 47.6. The highest BCUT2D eigenvalue weighted by atomic mass is 16.3. The van der Waals surface area contributed by atoms with E-state index < -0.39 is 0 Å². The van der Waals surface area contributed by atoms with E-state index in [1.165, 1.54) is 127 Å². The minimum absolute atomic E-state index is 0.146. The van der Waals surface area contributed by atoms with Crippen molar-refractivity contribution in [3.63, 3.8) is 0 Å². The van der Waals surface area contributed by atoms with E-state index in [1.807, 2.05) is 0 Å². The number of rotatable bonds is 5. The van der Waals surface area contributed by atoms with Gasteiger partial charge in [-0.3, -0.25) is 0 Å². The van der Waals surface area contributed by atoms with Gasteiger partial charge in [0.25, 0.3) is 0 Å². The SMILES string of the molecule is Cc1ccc(/C(=C\c2ccc3c(c2)C(C)(C)c2cc(-c4ccccc4C)c4oc5ccccc5c4c2-3)Cc2ccc3c(c2)C(C)(C)c2cc4c(cc2-3)C(C)(C)c2ccc3oc5ccccc5c3c2-4)cc1. The van der Waals surface area contributed by atoms with Crippen molar-refractivity contribution in [3.8, 4) is 44.5 Å². The normalized spacial score (nSPS) is 15.6. The van der Waals surface area contributed by atoms with E-state index in [2.05, 4.69) is 225 Å². The van der Waals surface area contributed by atoms with Crippen LogP contribution in [0.4, 0.5) is 0 Å². The molecule has 0 bridgehead atoms. The molecule has 2 aromatic heterocycles. The Morgan fingerprint density at radius 2 is 1.03 bits per heavy atom. The van der Waals surface area contributed by atoms with Crippen molar-refractivity contribution >= 4 is 55.5 Å². The van der Waals surface area contributed by atoms with Crippen LogP contribution in [0.3, 0.4) is 0 Å². The molecule has 0 aliphatic heterocycles. The van der Waals surface area contributed by atoms with Crippen molar-refractivity contribution in [3.05, 3.63) is 225 Å². The molecule has 2 heteroatoms. The average molecular weight is 903 g/mol. The maximum absolute atomic E-state index is 6.80. The van der Waals surface area contributed by atoms with Crippen LogP contribution < -0.4 is 0 Å². The highest BCUT2D eigenvalue weighted by Crippen LogP contribution is 2.59. The van der Waals surface area contributed by atoms with Crippen LogP contribution in [0.25, 0.3) is 100 Å². The van der Waals surface area contributed by atoms with Gasteiger partial charge in [0.15, 0.2) is 0 Å². The fourth-order valence-electron chi connectivity index (χ4n) is 13.1. The van der Waals surface area contributed by atoms with Crippen LogP contribution in [0.2, 0.25) is 0 Å². The molecule has 0 N–H and O–H groups in total. The second kappa shape index (κ2) is 14.2. The number of aryl methyl sites for hydroxylation is 2. The molecule has 2 heterocycles. The van der Waals surface area contributed by atoms with Gasteiger partial charge in [0.2, 0.25) is 0 Å². The van der Waals surface area contributed by atoms with Gasteiger partial charge in [-0.05, 0) is 157 Å². The summed E-state index contributed by atoms with van der Waals surface area (Å²) in [6.07, 6.45) is 3.26. The van der Waals surface area contributed by atoms with Crippen molar-refractivity contribution in [1.82, 2.24) is 0 Å². The maximum Gasteiger partial charge on any atom is 0.143 e. The first kappa shape index (κ1) is 41.3. The van der Waals surface area contributed by atoms with E-state index in [9.17, 15) is 0 Å². The summed E-state index contributed by atoms with van der Waals surface area (Å²) in [7, 11) is 0. The molecule has 3 aliphatic rings. The van der Waals surface area contributed by atoms with Crippen LogP contribution in [-0.2, 0) is 22.7 Å². The van der Waals surface area contributed by atoms with Gasteiger partial charge in [0, 0.05) is 43.4 Å². The minimum atomic E-state index is -0.237. The van der Waals surface area contributed by atoms with Crippen molar-refractivity contribution in [1.29, 1.82) is 0 Å². The maximum atomic E-state index is 6.80. The smallest absolute Gasteiger partial charge is 0.143 e. The highest BCUT2D eigenvalue weighted by Gasteiger charge is 2.43. The summed E-state index contributed by atoms with van der Waals surface area (Å²) >= 11 is 0. The van der Waals surface area contributed by atoms with E-state index in [-0.39, 0.29) is 16.2 Å². The molecule has 0 saturated carbocycles. The molecule has 9 aromatic carbocycles. The first-order chi connectivity index (χ1) is 33.8. The van der Waals surface area contributed by atoms with Crippen LogP contribution in [0.1, 0.15) is 103 Å². The Balaban J connectivity index is 0.871. The van der Waals surface area contributed by atoms with Crippen LogP contribution in [0.15, 0.2) is 173 Å². The van der Waals surface area contributed by atoms with Crippen molar-refractivity contribution in [2.24, 2.45) is 0 Å². The summed E-state index contributed by atoms with van der Waals surface area (Å²) in [5.74, 6) is 0. The van der Waals surface area contributed by atoms with Gasteiger partial charge in [-0.2, -0.15) is 0 Å². The number of hydrogen-bond donors (Lipinski definition) is 0. The molecule has 0 spiro atoms.